The van der Waals surface area contributed by atoms with Crippen LogP contribution in [0, 0.1) is 0 Å². The Kier molecular flexibility index (Phi) is 8.91. The fourth-order valence-electron chi connectivity index (χ4n) is 2.89. The second-order valence-corrected chi connectivity index (χ2v) is 11.4. The van der Waals surface area contributed by atoms with Crippen LogP contribution in [0.4, 0.5) is 5.13 Å². The summed E-state index contributed by atoms with van der Waals surface area (Å²) in [6, 6.07) is 12.5. The van der Waals surface area contributed by atoms with Crippen molar-refractivity contribution >= 4 is 66.6 Å². The molecule has 0 saturated heterocycles. The molecule has 1 amide bonds. The van der Waals surface area contributed by atoms with E-state index < -0.39 is 9.84 Å². The van der Waals surface area contributed by atoms with E-state index in [0.29, 0.717) is 29.3 Å². The fourth-order valence-corrected chi connectivity index (χ4v) is 5.44. The summed E-state index contributed by atoms with van der Waals surface area (Å²) in [4.78, 5) is 23.1. The molecule has 0 radical (unpaired) electrons. The van der Waals surface area contributed by atoms with E-state index >= 15 is 0 Å². The van der Waals surface area contributed by atoms with Gasteiger partial charge in [-0.25, -0.2) is 13.4 Å². The summed E-state index contributed by atoms with van der Waals surface area (Å²) >= 11 is 2.97. The van der Waals surface area contributed by atoms with E-state index in [1.54, 1.807) is 34.9 Å². The fraction of sp³-hybridized carbons (Fsp3) is 0.333. The molecule has 0 saturated carbocycles. The van der Waals surface area contributed by atoms with Crippen molar-refractivity contribution in [3.63, 3.8) is 0 Å². The third kappa shape index (κ3) is 6.20. The molecule has 0 fully saturated rings. The van der Waals surface area contributed by atoms with Gasteiger partial charge >= 0.3 is 0 Å². The van der Waals surface area contributed by atoms with E-state index in [1.165, 1.54) is 17.6 Å². The Morgan fingerprint density at radius 2 is 1.84 bits per heavy atom. The standard InChI is InChI=1S/C21H25N3O3S3.ClH/c1-5-28-18-9-7-6-8-16(18)20(25)24(13-12-23(2)3)21-22-17-11-10-15(30(4,26)27)14-19(17)29-21;/h6-11,14H,5,12-13H2,1-4H3;1H. The first-order valence-electron chi connectivity index (χ1n) is 9.49. The molecule has 0 unspecified atom stereocenters. The molecule has 0 aliphatic heterocycles. The summed E-state index contributed by atoms with van der Waals surface area (Å²) in [7, 11) is 0.608. The molecular formula is C21H26ClN3O3S3. The highest BCUT2D eigenvalue weighted by atomic mass is 35.5. The highest BCUT2D eigenvalue weighted by molar-refractivity contribution is 7.99. The minimum Gasteiger partial charge on any atom is -0.308 e. The minimum atomic E-state index is -3.31. The van der Waals surface area contributed by atoms with Gasteiger partial charge in [-0.05, 0) is 50.2 Å². The topological polar surface area (TPSA) is 70.6 Å². The van der Waals surface area contributed by atoms with Crippen LogP contribution in [-0.2, 0) is 9.84 Å². The quantitative estimate of drug-likeness (QED) is 0.427. The van der Waals surface area contributed by atoms with Gasteiger partial charge in [0.25, 0.3) is 5.91 Å². The van der Waals surface area contributed by atoms with Gasteiger partial charge in [-0.3, -0.25) is 9.69 Å². The number of hydrogen-bond acceptors (Lipinski definition) is 7. The molecule has 0 atom stereocenters. The van der Waals surface area contributed by atoms with Crippen LogP contribution in [0.5, 0.6) is 0 Å². The van der Waals surface area contributed by atoms with Gasteiger partial charge in [-0.2, -0.15) is 0 Å². The number of likely N-dealkylation sites (N-methyl/N-ethyl adjacent to an activating group) is 1. The first kappa shape index (κ1) is 25.6. The third-order valence-corrected chi connectivity index (χ3v) is 7.55. The lowest BCUT2D eigenvalue weighted by atomic mass is 10.2. The molecule has 0 spiro atoms. The van der Waals surface area contributed by atoms with Gasteiger partial charge in [0.2, 0.25) is 0 Å². The van der Waals surface area contributed by atoms with Gasteiger partial charge in [0.05, 0.1) is 20.7 Å². The van der Waals surface area contributed by atoms with Gasteiger partial charge in [0.15, 0.2) is 15.0 Å². The molecule has 168 valence electrons. The van der Waals surface area contributed by atoms with Crippen LogP contribution in [0.25, 0.3) is 10.2 Å². The van der Waals surface area contributed by atoms with Gasteiger partial charge < -0.3 is 4.90 Å². The van der Waals surface area contributed by atoms with E-state index in [1.807, 2.05) is 43.3 Å². The van der Waals surface area contributed by atoms with Gasteiger partial charge in [0.1, 0.15) is 0 Å². The highest BCUT2D eigenvalue weighted by Crippen LogP contribution is 2.32. The largest absolute Gasteiger partial charge is 0.308 e. The van der Waals surface area contributed by atoms with Crippen LogP contribution in [0.1, 0.15) is 17.3 Å². The maximum Gasteiger partial charge on any atom is 0.261 e. The van der Waals surface area contributed by atoms with Crippen molar-refractivity contribution in [2.24, 2.45) is 0 Å². The summed E-state index contributed by atoms with van der Waals surface area (Å²) in [6.07, 6.45) is 1.19. The van der Waals surface area contributed by atoms with Crippen LogP contribution in [-0.4, -0.2) is 63.4 Å². The van der Waals surface area contributed by atoms with Crippen LogP contribution < -0.4 is 4.90 Å². The predicted octanol–water partition coefficient (Wildman–Crippen LogP) is 4.44. The Balaban J connectivity index is 0.00000341. The van der Waals surface area contributed by atoms with Crippen molar-refractivity contribution in [1.82, 2.24) is 9.88 Å². The van der Waals surface area contributed by atoms with E-state index in [9.17, 15) is 13.2 Å². The molecule has 31 heavy (non-hydrogen) atoms. The van der Waals surface area contributed by atoms with Crippen molar-refractivity contribution < 1.29 is 13.2 Å². The van der Waals surface area contributed by atoms with Gasteiger partial charge in [-0.15, -0.1) is 24.2 Å². The number of nitrogens with zero attached hydrogens (tertiary/aromatic N) is 3. The number of hydrogen-bond donors (Lipinski definition) is 0. The maximum absolute atomic E-state index is 13.5. The molecule has 0 aliphatic carbocycles. The molecule has 3 aromatic rings. The molecule has 0 bridgehead atoms. The summed E-state index contributed by atoms with van der Waals surface area (Å²) in [5.74, 6) is 0.771. The number of fused-ring (bicyclic) bond motifs is 1. The summed E-state index contributed by atoms with van der Waals surface area (Å²) < 4.78 is 24.5. The van der Waals surface area contributed by atoms with Crippen molar-refractivity contribution in [3.05, 3.63) is 48.0 Å². The zero-order valence-corrected chi connectivity index (χ0v) is 21.1. The number of rotatable bonds is 8. The molecule has 1 heterocycles. The lowest BCUT2D eigenvalue weighted by Crippen LogP contribution is -2.37. The van der Waals surface area contributed by atoms with E-state index in [-0.39, 0.29) is 23.2 Å². The average molecular weight is 500 g/mol. The molecule has 10 heteroatoms. The number of aromatic nitrogens is 1. The maximum atomic E-state index is 13.5. The van der Waals surface area contributed by atoms with Crippen molar-refractivity contribution in [2.75, 3.05) is 44.1 Å². The second kappa shape index (κ2) is 10.8. The van der Waals surface area contributed by atoms with E-state index in [2.05, 4.69) is 11.9 Å². The number of anilines is 1. The zero-order valence-electron chi connectivity index (χ0n) is 17.9. The van der Waals surface area contributed by atoms with Crippen LogP contribution in [0.2, 0.25) is 0 Å². The Morgan fingerprint density at radius 3 is 2.48 bits per heavy atom. The van der Waals surface area contributed by atoms with Crippen molar-refractivity contribution in [2.45, 2.75) is 16.7 Å². The number of thiazole rings is 1. The highest BCUT2D eigenvalue weighted by Gasteiger charge is 2.24. The van der Waals surface area contributed by atoms with Crippen LogP contribution >= 0.6 is 35.5 Å². The van der Waals surface area contributed by atoms with Gasteiger partial charge in [-0.1, -0.05) is 30.4 Å². The van der Waals surface area contributed by atoms with E-state index in [0.717, 1.165) is 15.3 Å². The molecule has 2 aromatic carbocycles. The average Bonchev–Trinajstić information content (AvgIpc) is 3.10. The number of benzene rings is 2. The predicted molar refractivity (Wildman–Crippen MR) is 133 cm³/mol. The van der Waals surface area contributed by atoms with Crippen LogP contribution in [0.15, 0.2) is 52.3 Å². The number of amides is 1. The summed E-state index contributed by atoms with van der Waals surface area (Å²) in [5.41, 5.74) is 1.33. The third-order valence-electron chi connectivity index (χ3n) is 4.44. The minimum absolute atomic E-state index is 0. The Bertz CT molecular complexity index is 1160. The van der Waals surface area contributed by atoms with Gasteiger partial charge in [0, 0.05) is 24.2 Å². The van der Waals surface area contributed by atoms with Crippen LogP contribution in [0.3, 0.4) is 0 Å². The molecular weight excluding hydrogens is 474 g/mol. The lowest BCUT2D eigenvalue weighted by molar-refractivity contribution is 0.0982. The summed E-state index contributed by atoms with van der Waals surface area (Å²) in [5, 5.41) is 0.568. The first-order valence-corrected chi connectivity index (χ1v) is 13.2. The SMILES string of the molecule is CCSc1ccccc1C(=O)N(CCN(C)C)c1nc2ccc(S(C)(=O)=O)cc2s1.Cl. The number of carbonyl (C=O) groups is 1. The molecule has 0 N–H and O–H groups in total. The second-order valence-electron chi connectivity index (χ2n) is 7.09. The normalized spacial score (nSPS) is 11.5. The lowest BCUT2D eigenvalue weighted by Gasteiger charge is -2.23. The molecule has 3 rings (SSSR count). The molecule has 6 nitrogen and oxygen atoms in total. The number of thioether (sulfide) groups is 1. The molecule has 0 aliphatic rings. The van der Waals surface area contributed by atoms with Crippen molar-refractivity contribution in [3.8, 4) is 0 Å². The Hall–Kier alpha value is -1.65. The Morgan fingerprint density at radius 1 is 1.13 bits per heavy atom. The first-order chi connectivity index (χ1) is 14.2. The monoisotopic (exact) mass is 499 g/mol. The van der Waals surface area contributed by atoms with E-state index in [4.69, 9.17) is 0 Å². The number of carbonyl (C=O) groups excluding carboxylic acids is 1. The summed E-state index contributed by atoms with van der Waals surface area (Å²) in [6.45, 7) is 3.22. The zero-order chi connectivity index (χ0) is 21.9. The number of halogens is 1. The molecule has 1 aromatic heterocycles. The smallest absolute Gasteiger partial charge is 0.261 e. The Labute approximate surface area is 198 Å². The van der Waals surface area contributed by atoms with Crippen molar-refractivity contribution in [1.29, 1.82) is 0 Å². The number of sulfone groups is 1.